The summed E-state index contributed by atoms with van der Waals surface area (Å²) < 4.78 is 28.4. The standard InChI is InChI=1S/C37H55NO6Si2/c1-35(2,3)45(9,10)41-26-29-22-21-28(25-39)38(29)24-30(40)23-33-34(44-37(7,8)43-33)27-42-46(36(4,5)6,31-17-13-11-14-18-31)32-19-15-12-16-20-32/h11-22,25,30,33-34,40H,23-24,26-27H2,1-10H3/t30?,33-,34+/m0/s1. The van der Waals surface area contributed by atoms with E-state index in [1.807, 2.05) is 36.6 Å². The highest BCUT2D eigenvalue weighted by atomic mass is 28.4. The van der Waals surface area contributed by atoms with Crippen molar-refractivity contribution in [1.82, 2.24) is 4.57 Å². The summed E-state index contributed by atoms with van der Waals surface area (Å²) in [5, 5.41) is 13.7. The number of hydrogen-bond donors (Lipinski definition) is 1. The van der Waals surface area contributed by atoms with E-state index < -0.39 is 34.6 Å². The SMILES string of the molecule is CC1(C)O[C@@H](CC(O)Cn2c(C=O)ccc2CO[Si](C)(C)C(C)(C)C)[C@@H](CO[Si](c2ccccc2)(c2ccccc2)C(C)(C)C)O1. The molecule has 2 heterocycles. The Kier molecular flexibility index (Phi) is 11.1. The van der Waals surface area contributed by atoms with Crippen LogP contribution < -0.4 is 10.4 Å². The van der Waals surface area contributed by atoms with Gasteiger partial charge in [0.1, 0.15) is 6.10 Å². The summed E-state index contributed by atoms with van der Waals surface area (Å²) in [6.07, 6.45) is -0.401. The molecule has 3 atom stereocenters. The molecule has 0 spiro atoms. The van der Waals surface area contributed by atoms with E-state index >= 15 is 0 Å². The minimum Gasteiger partial charge on any atom is -0.411 e. The first-order chi connectivity index (χ1) is 21.4. The Balaban J connectivity index is 1.55. The molecule has 0 saturated carbocycles. The van der Waals surface area contributed by atoms with Crippen molar-refractivity contribution in [1.29, 1.82) is 0 Å². The van der Waals surface area contributed by atoms with Crippen LogP contribution in [0.15, 0.2) is 72.8 Å². The average molecular weight is 666 g/mol. The van der Waals surface area contributed by atoms with Gasteiger partial charge in [-0.1, -0.05) is 102 Å². The molecule has 1 aromatic heterocycles. The molecule has 46 heavy (non-hydrogen) atoms. The third-order valence-corrected chi connectivity index (χ3v) is 19.2. The van der Waals surface area contributed by atoms with Gasteiger partial charge < -0.3 is 28.0 Å². The van der Waals surface area contributed by atoms with Crippen LogP contribution in [0.25, 0.3) is 0 Å². The van der Waals surface area contributed by atoms with Crippen molar-refractivity contribution in [3.8, 4) is 0 Å². The Labute approximate surface area is 278 Å². The summed E-state index contributed by atoms with van der Waals surface area (Å²) in [6, 6.07) is 24.8. The van der Waals surface area contributed by atoms with Crippen LogP contribution in [-0.2, 0) is 31.5 Å². The first-order valence-electron chi connectivity index (χ1n) is 16.5. The molecule has 0 amide bonds. The van der Waals surface area contributed by atoms with Gasteiger partial charge >= 0.3 is 0 Å². The predicted molar refractivity (Wildman–Crippen MR) is 190 cm³/mol. The zero-order valence-electron chi connectivity index (χ0n) is 29.5. The molecule has 1 unspecified atom stereocenters. The number of carbonyl (C=O) groups excluding carboxylic acids is 1. The second-order valence-corrected chi connectivity index (χ2v) is 24.7. The van der Waals surface area contributed by atoms with Crippen LogP contribution in [0, 0.1) is 0 Å². The maximum absolute atomic E-state index is 12.0. The van der Waals surface area contributed by atoms with E-state index in [0.717, 1.165) is 12.0 Å². The number of nitrogens with zero attached hydrogens (tertiary/aromatic N) is 1. The maximum atomic E-state index is 12.0. The smallest absolute Gasteiger partial charge is 0.261 e. The van der Waals surface area contributed by atoms with Crippen LogP contribution in [0.3, 0.4) is 0 Å². The van der Waals surface area contributed by atoms with E-state index in [2.05, 4.69) is 103 Å². The van der Waals surface area contributed by atoms with Crippen molar-refractivity contribution in [3.63, 3.8) is 0 Å². The van der Waals surface area contributed by atoms with Gasteiger partial charge in [0.15, 0.2) is 20.4 Å². The van der Waals surface area contributed by atoms with Crippen molar-refractivity contribution in [3.05, 3.63) is 84.2 Å². The molecule has 1 aliphatic rings. The van der Waals surface area contributed by atoms with Crippen LogP contribution in [0.5, 0.6) is 0 Å². The Morgan fingerprint density at radius 3 is 1.89 bits per heavy atom. The number of aliphatic hydroxyl groups excluding tert-OH is 1. The predicted octanol–water partition coefficient (Wildman–Crippen LogP) is 6.67. The molecule has 1 fully saturated rings. The number of ether oxygens (including phenoxy) is 2. The molecule has 2 aromatic carbocycles. The summed E-state index contributed by atoms with van der Waals surface area (Å²) in [7, 11) is -4.80. The summed E-state index contributed by atoms with van der Waals surface area (Å²) in [6.45, 7) is 22.6. The summed E-state index contributed by atoms with van der Waals surface area (Å²) in [5.74, 6) is -0.826. The lowest BCUT2D eigenvalue weighted by molar-refractivity contribution is -0.150. The monoisotopic (exact) mass is 665 g/mol. The third-order valence-electron chi connectivity index (χ3n) is 9.68. The molecule has 4 rings (SSSR count). The lowest BCUT2D eigenvalue weighted by Gasteiger charge is -2.43. The molecule has 1 aliphatic heterocycles. The Hall–Kier alpha value is -2.38. The number of rotatable bonds is 13. The van der Waals surface area contributed by atoms with E-state index in [9.17, 15) is 9.90 Å². The average Bonchev–Trinajstić information content (AvgIpc) is 3.49. The van der Waals surface area contributed by atoms with Crippen LogP contribution in [0.4, 0.5) is 0 Å². The van der Waals surface area contributed by atoms with E-state index in [4.69, 9.17) is 18.3 Å². The van der Waals surface area contributed by atoms with Gasteiger partial charge in [-0.15, -0.1) is 0 Å². The zero-order chi connectivity index (χ0) is 34.0. The molecule has 0 bridgehead atoms. The number of aromatic nitrogens is 1. The van der Waals surface area contributed by atoms with Crippen LogP contribution in [-0.4, -0.2) is 63.3 Å². The van der Waals surface area contributed by atoms with Crippen molar-refractivity contribution in [2.24, 2.45) is 0 Å². The van der Waals surface area contributed by atoms with Crippen molar-refractivity contribution in [2.75, 3.05) is 6.61 Å². The lowest BCUT2D eigenvalue weighted by atomic mass is 10.1. The second kappa shape index (κ2) is 14.0. The quantitative estimate of drug-likeness (QED) is 0.162. The number of aldehydes is 1. The van der Waals surface area contributed by atoms with Crippen LogP contribution in [0.1, 0.15) is 78.0 Å². The molecule has 9 heteroatoms. The summed E-state index contributed by atoms with van der Waals surface area (Å²) >= 11 is 0. The van der Waals surface area contributed by atoms with E-state index in [0.29, 0.717) is 25.3 Å². The van der Waals surface area contributed by atoms with Crippen molar-refractivity contribution in [2.45, 2.75) is 122 Å². The Bertz CT molecular complexity index is 1390. The van der Waals surface area contributed by atoms with Gasteiger partial charge in [0, 0.05) is 18.7 Å². The number of hydrogen-bond acceptors (Lipinski definition) is 6. The van der Waals surface area contributed by atoms with Gasteiger partial charge in [-0.2, -0.15) is 0 Å². The molecule has 0 radical (unpaired) electrons. The minimum atomic E-state index is -2.79. The van der Waals surface area contributed by atoms with Gasteiger partial charge in [-0.05, 0) is 59.5 Å². The molecule has 252 valence electrons. The highest BCUT2D eigenvalue weighted by molar-refractivity contribution is 6.99. The Morgan fingerprint density at radius 1 is 0.848 bits per heavy atom. The molecule has 0 aliphatic carbocycles. The summed E-state index contributed by atoms with van der Waals surface area (Å²) in [4.78, 5) is 12.0. The molecule has 1 N–H and O–H groups in total. The van der Waals surface area contributed by atoms with Gasteiger partial charge in [-0.3, -0.25) is 4.79 Å². The normalized spacial score (nSPS) is 19.7. The maximum Gasteiger partial charge on any atom is 0.261 e. The number of carbonyl (C=O) groups is 1. The Morgan fingerprint density at radius 2 is 1.39 bits per heavy atom. The largest absolute Gasteiger partial charge is 0.411 e. The van der Waals surface area contributed by atoms with Gasteiger partial charge in [0.2, 0.25) is 0 Å². The van der Waals surface area contributed by atoms with Crippen molar-refractivity contribution < 1.29 is 28.2 Å². The van der Waals surface area contributed by atoms with E-state index in [-0.39, 0.29) is 22.7 Å². The highest BCUT2D eigenvalue weighted by Crippen LogP contribution is 2.39. The fourth-order valence-electron chi connectivity index (χ4n) is 6.22. The van der Waals surface area contributed by atoms with Crippen LogP contribution >= 0.6 is 0 Å². The molecular weight excluding hydrogens is 611 g/mol. The van der Waals surface area contributed by atoms with Gasteiger partial charge in [0.05, 0.1) is 31.1 Å². The minimum absolute atomic E-state index is 0.0651. The number of aliphatic hydroxyl groups is 1. The molecule has 3 aromatic rings. The third kappa shape index (κ3) is 8.01. The van der Waals surface area contributed by atoms with Gasteiger partial charge in [0.25, 0.3) is 8.32 Å². The summed E-state index contributed by atoms with van der Waals surface area (Å²) in [5.41, 5.74) is 1.39. The first kappa shape index (κ1) is 36.5. The van der Waals surface area contributed by atoms with Crippen molar-refractivity contribution >= 4 is 33.3 Å². The zero-order valence-corrected chi connectivity index (χ0v) is 31.5. The molecule has 7 nitrogen and oxygen atoms in total. The molecule has 1 saturated heterocycles. The second-order valence-electron chi connectivity index (χ2n) is 15.6. The topological polar surface area (TPSA) is 79.2 Å². The molecular formula is C37H55NO6Si2. The van der Waals surface area contributed by atoms with E-state index in [1.165, 1.54) is 10.4 Å². The van der Waals surface area contributed by atoms with Gasteiger partial charge in [-0.25, -0.2) is 0 Å². The van der Waals surface area contributed by atoms with E-state index in [1.54, 1.807) is 6.07 Å². The fraction of sp³-hybridized carbons (Fsp3) is 0.541. The van der Waals surface area contributed by atoms with Crippen LogP contribution in [0.2, 0.25) is 23.2 Å². The fourth-order valence-corrected chi connectivity index (χ4v) is 11.7. The first-order valence-corrected chi connectivity index (χ1v) is 21.3. The lowest BCUT2D eigenvalue weighted by Crippen LogP contribution is -2.67. The highest BCUT2D eigenvalue weighted by Gasteiger charge is 2.52. The number of benzene rings is 2.